The smallest absolute Gasteiger partial charge is 0.306 e. The molecule has 6 nitrogen and oxygen atoms in total. The lowest BCUT2D eigenvalue weighted by Crippen LogP contribution is -2.30. The largest absolute Gasteiger partial charge is 0.462 e. The topological polar surface area (TPSA) is 78.9 Å². The van der Waals surface area contributed by atoms with Gasteiger partial charge in [0.25, 0.3) is 0 Å². The highest BCUT2D eigenvalue weighted by molar-refractivity contribution is 5.71. The molecule has 0 bridgehead atoms. The van der Waals surface area contributed by atoms with Gasteiger partial charge in [0.1, 0.15) is 13.2 Å². The molecule has 0 heterocycles. The van der Waals surface area contributed by atoms with E-state index in [0.717, 1.165) is 57.8 Å². The maximum atomic E-state index is 12.7. The minimum absolute atomic E-state index is 0.126. The molecule has 322 valence electrons. The first-order valence-electron chi connectivity index (χ1n) is 22.8. The van der Waals surface area contributed by atoms with E-state index < -0.39 is 6.10 Å². The lowest BCUT2D eigenvalue weighted by atomic mass is 10.1. The van der Waals surface area contributed by atoms with Crippen LogP contribution in [0.15, 0.2) is 97.2 Å². The summed E-state index contributed by atoms with van der Waals surface area (Å²) in [7, 11) is 0. The van der Waals surface area contributed by atoms with E-state index in [2.05, 4.69) is 81.5 Å². The number of carbonyl (C=O) groups is 3. The van der Waals surface area contributed by atoms with E-state index in [0.29, 0.717) is 19.3 Å². The number of hydrogen-bond donors (Lipinski definition) is 0. The Morgan fingerprint density at radius 3 is 1.32 bits per heavy atom. The molecule has 0 aliphatic carbocycles. The molecule has 1 unspecified atom stereocenters. The first-order chi connectivity index (χ1) is 28.0. The Hall–Kier alpha value is -3.67. The van der Waals surface area contributed by atoms with Gasteiger partial charge in [-0.3, -0.25) is 14.4 Å². The summed E-state index contributed by atoms with van der Waals surface area (Å²) >= 11 is 0. The summed E-state index contributed by atoms with van der Waals surface area (Å²) in [6.07, 6.45) is 58.4. The van der Waals surface area contributed by atoms with Gasteiger partial charge in [0.2, 0.25) is 0 Å². The molecule has 1 atom stereocenters. The van der Waals surface area contributed by atoms with Gasteiger partial charge in [0.15, 0.2) is 6.10 Å². The first kappa shape index (κ1) is 53.3. The molecule has 0 N–H and O–H groups in total. The van der Waals surface area contributed by atoms with E-state index in [9.17, 15) is 14.4 Å². The zero-order valence-electron chi connectivity index (χ0n) is 36.6. The van der Waals surface area contributed by atoms with Crippen molar-refractivity contribution in [3.05, 3.63) is 97.2 Å². The van der Waals surface area contributed by atoms with Crippen molar-refractivity contribution in [3.8, 4) is 0 Å². The van der Waals surface area contributed by atoms with Crippen LogP contribution in [-0.4, -0.2) is 37.2 Å². The van der Waals surface area contributed by atoms with Crippen molar-refractivity contribution in [2.75, 3.05) is 13.2 Å². The molecule has 6 heteroatoms. The predicted octanol–water partition coefficient (Wildman–Crippen LogP) is 14.6. The van der Waals surface area contributed by atoms with E-state index in [1.165, 1.54) is 70.6 Å². The summed E-state index contributed by atoms with van der Waals surface area (Å²) in [5.41, 5.74) is 0. The predicted molar refractivity (Wildman–Crippen MR) is 242 cm³/mol. The fourth-order valence-electron chi connectivity index (χ4n) is 5.70. The second-order valence-electron chi connectivity index (χ2n) is 14.7. The summed E-state index contributed by atoms with van der Waals surface area (Å²) in [6, 6.07) is 0. The number of esters is 3. The van der Waals surface area contributed by atoms with E-state index in [1.54, 1.807) is 0 Å². The molecule has 0 aromatic rings. The molecule has 0 aromatic heterocycles. The highest BCUT2D eigenvalue weighted by Gasteiger charge is 2.19. The third-order valence-electron chi connectivity index (χ3n) is 9.14. The molecule has 0 spiro atoms. The second-order valence-corrected chi connectivity index (χ2v) is 14.7. The number of ether oxygens (including phenoxy) is 3. The molecule has 0 aliphatic heterocycles. The molecular weight excluding hydrogens is 709 g/mol. The monoisotopic (exact) mass is 791 g/mol. The minimum Gasteiger partial charge on any atom is -0.462 e. The number of hydrogen-bond acceptors (Lipinski definition) is 6. The van der Waals surface area contributed by atoms with E-state index in [1.807, 2.05) is 36.5 Å². The molecule has 0 saturated heterocycles. The number of rotatable bonds is 39. The highest BCUT2D eigenvalue weighted by Crippen LogP contribution is 2.11. The molecule has 0 fully saturated rings. The van der Waals surface area contributed by atoms with Gasteiger partial charge in [0.05, 0.1) is 0 Å². The van der Waals surface area contributed by atoms with E-state index >= 15 is 0 Å². The van der Waals surface area contributed by atoms with Gasteiger partial charge in [-0.15, -0.1) is 0 Å². The third-order valence-corrected chi connectivity index (χ3v) is 9.14. The zero-order chi connectivity index (χ0) is 41.5. The van der Waals surface area contributed by atoms with Crippen LogP contribution in [0, 0.1) is 0 Å². The van der Waals surface area contributed by atoms with Gasteiger partial charge in [-0.05, 0) is 89.9 Å². The van der Waals surface area contributed by atoms with Crippen LogP contribution in [0.2, 0.25) is 0 Å². The lowest BCUT2D eigenvalue weighted by Gasteiger charge is -2.18. The normalized spacial score (nSPS) is 13.0. The Balaban J connectivity index is 4.53. The minimum atomic E-state index is -0.827. The van der Waals surface area contributed by atoms with E-state index in [4.69, 9.17) is 14.2 Å². The quantitative estimate of drug-likeness (QED) is 0.0203. The Morgan fingerprint density at radius 1 is 0.386 bits per heavy atom. The SMILES string of the molecule is CC\C=C/C=C\C=C/C=C\CCCCCC(=O)OC(COC(=O)CCC/C=C\C/C=C\C/C=C\CCCCCCCC)COC(=O)CCC/C=C\CCCCCC. The second kappa shape index (κ2) is 45.0. The lowest BCUT2D eigenvalue weighted by molar-refractivity contribution is -0.167. The van der Waals surface area contributed by atoms with Gasteiger partial charge in [-0.2, -0.15) is 0 Å². The van der Waals surface area contributed by atoms with Crippen molar-refractivity contribution in [2.45, 2.75) is 194 Å². The van der Waals surface area contributed by atoms with Crippen molar-refractivity contribution < 1.29 is 28.6 Å². The molecule has 57 heavy (non-hydrogen) atoms. The van der Waals surface area contributed by atoms with Crippen LogP contribution in [-0.2, 0) is 28.6 Å². The van der Waals surface area contributed by atoms with Gasteiger partial charge in [-0.25, -0.2) is 0 Å². The van der Waals surface area contributed by atoms with Crippen LogP contribution in [0.25, 0.3) is 0 Å². The number of carbonyl (C=O) groups excluding carboxylic acids is 3. The molecule has 0 aromatic carbocycles. The molecule has 0 rings (SSSR count). The molecular formula is C51H82O6. The summed E-state index contributed by atoms with van der Waals surface area (Å²) in [5, 5.41) is 0. The Labute approximate surface area is 349 Å². The average molecular weight is 791 g/mol. The number of unbranched alkanes of at least 4 members (excludes halogenated alkanes) is 15. The highest BCUT2D eigenvalue weighted by atomic mass is 16.6. The Kier molecular flexibility index (Phi) is 42.1. The van der Waals surface area contributed by atoms with Crippen molar-refractivity contribution in [1.29, 1.82) is 0 Å². The van der Waals surface area contributed by atoms with Crippen molar-refractivity contribution in [3.63, 3.8) is 0 Å². The summed E-state index contributed by atoms with van der Waals surface area (Å²) in [5.74, 6) is -1.06. The van der Waals surface area contributed by atoms with Crippen LogP contribution < -0.4 is 0 Å². The van der Waals surface area contributed by atoms with Crippen molar-refractivity contribution >= 4 is 17.9 Å². The van der Waals surface area contributed by atoms with Gasteiger partial charge >= 0.3 is 17.9 Å². The van der Waals surface area contributed by atoms with E-state index in [-0.39, 0.29) is 50.4 Å². The zero-order valence-corrected chi connectivity index (χ0v) is 36.6. The van der Waals surface area contributed by atoms with Crippen molar-refractivity contribution in [1.82, 2.24) is 0 Å². The fraction of sp³-hybridized carbons (Fsp3) is 0.627. The molecule has 0 saturated carbocycles. The maximum absolute atomic E-state index is 12.7. The molecule has 0 aliphatic rings. The standard InChI is InChI=1S/C51H82O6/c1-4-7-10-13-16-19-21-23-24-25-26-28-29-32-35-38-41-44-50(53)56-47-48(46-55-49(52)43-40-37-34-31-18-15-12-9-6-3)57-51(54)45-42-39-36-33-30-27-22-20-17-14-11-8-5-2/h8,11,14,17,20,22-24,26-28,30-32,34-35,48H,4-7,9-10,12-13,15-16,18-19,21,25,29,33,36-47H2,1-3H3/b11-8-,17-14-,22-20-,24-23-,28-26-,30-27-,34-31-,35-32-. The first-order valence-corrected chi connectivity index (χ1v) is 22.8. The molecule has 0 amide bonds. The summed E-state index contributed by atoms with van der Waals surface area (Å²) in [6.45, 7) is 6.32. The third kappa shape index (κ3) is 43.3. The molecule has 0 radical (unpaired) electrons. The van der Waals surface area contributed by atoms with Gasteiger partial charge < -0.3 is 14.2 Å². The summed E-state index contributed by atoms with van der Waals surface area (Å²) in [4.78, 5) is 37.6. The summed E-state index contributed by atoms with van der Waals surface area (Å²) < 4.78 is 16.6. The Morgan fingerprint density at radius 2 is 0.772 bits per heavy atom. The average Bonchev–Trinajstić information content (AvgIpc) is 3.21. The van der Waals surface area contributed by atoms with Crippen LogP contribution in [0.5, 0.6) is 0 Å². The fourth-order valence-corrected chi connectivity index (χ4v) is 5.70. The van der Waals surface area contributed by atoms with Crippen LogP contribution in [0.4, 0.5) is 0 Å². The Bertz CT molecular complexity index is 1180. The number of allylic oxidation sites excluding steroid dienone is 16. The van der Waals surface area contributed by atoms with Gasteiger partial charge in [0, 0.05) is 19.3 Å². The van der Waals surface area contributed by atoms with Crippen LogP contribution >= 0.6 is 0 Å². The van der Waals surface area contributed by atoms with Crippen LogP contribution in [0.1, 0.15) is 188 Å². The van der Waals surface area contributed by atoms with Gasteiger partial charge in [-0.1, -0.05) is 176 Å². The van der Waals surface area contributed by atoms with Crippen LogP contribution in [0.3, 0.4) is 0 Å². The van der Waals surface area contributed by atoms with Crippen molar-refractivity contribution in [2.24, 2.45) is 0 Å². The maximum Gasteiger partial charge on any atom is 0.306 e.